The molecule has 4 heteroatoms. The Kier molecular flexibility index (Phi) is 7.68. The highest BCUT2D eigenvalue weighted by atomic mass is 16.5. The van der Waals surface area contributed by atoms with Gasteiger partial charge in [-0.05, 0) is 47.9 Å². The number of carbonyl (C=O) groups excluding carboxylic acids is 2. The number of hydrogen-bond donors (Lipinski definition) is 0. The van der Waals surface area contributed by atoms with Crippen molar-refractivity contribution in [1.29, 1.82) is 0 Å². The van der Waals surface area contributed by atoms with E-state index in [2.05, 4.69) is 44.2 Å². The first-order chi connectivity index (χ1) is 14.1. The van der Waals surface area contributed by atoms with E-state index in [1.54, 1.807) is 0 Å². The lowest BCUT2D eigenvalue weighted by atomic mass is 9.62. The van der Waals surface area contributed by atoms with E-state index >= 15 is 0 Å². The molecule has 0 N–H and O–H groups in total. The Balaban J connectivity index is 1.68. The van der Waals surface area contributed by atoms with Gasteiger partial charge < -0.3 is 9.47 Å². The highest BCUT2D eigenvalue weighted by molar-refractivity contribution is 5.85. The molecule has 1 saturated carbocycles. The molecule has 1 aliphatic carbocycles. The maximum Gasteiger partial charge on any atom is 0.310 e. The van der Waals surface area contributed by atoms with Gasteiger partial charge in [-0.2, -0.15) is 0 Å². The van der Waals surface area contributed by atoms with Crippen LogP contribution < -0.4 is 0 Å². The van der Waals surface area contributed by atoms with Crippen molar-refractivity contribution in [2.75, 3.05) is 13.2 Å². The zero-order valence-electron chi connectivity index (χ0n) is 17.6. The number of esters is 2. The fourth-order valence-electron chi connectivity index (χ4n) is 4.07. The van der Waals surface area contributed by atoms with Crippen molar-refractivity contribution in [3.8, 4) is 0 Å². The van der Waals surface area contributed by atoms with Crippen LogP contribution in [0.4, 0.5) is 0 Å². The molecule has 156 valence electrons. The number of hydrogen-bond acceptors (Lipinski definition) is 4. The molecule has 0 radical (unpaired) electrons. The largest absolute Gasteiger partial charge is 0.465 e. The van der Waals surface area contributed by atoms with Crippen LogP contribution in [-0.2, 0) is 25.5 Å². The lowest BCUT2D eigenvalue weighted by Gasteiger charge is -2.41. The molecule has 0 aliphatic heterocycles. The molecule has 4 nitrogen and oxygen atoms in total. The van der Waals surface area contributed by atoms with Crippen molar-refractivity contribution in [1.82, 2.24) is 0 Å². The van der Waals surface area contributed by atoms with Crippen molar-refractivity contribution in [3.63, 3.8) is 0 Å². The SMILES string of the molecule is CCCCOC(=O)C1CC(Cc2ccc3ccccc3c2)C1C(=O)OCCCC. The fourth-order valence-corrected chi connectivity index (χ4v) is 4.07. The molecule has 2 aromatic carbocycles. The second-order valence-corrected chi connectivity index (χ2v) is 8.06. The average Bonchev–Trinajstić information content (AvgIpc) is 2.71. The first-order valence-electron chi connectivity index (χ1n) is 10.9. The summed E-state index contributed by atoms with van der Waals surface area (Å²) in [6.07, 6.45) is 5.11. The van der Waals surface area contributed by atoms with E-state index in [-0.39, 0.29) is 23.8 Å². The Morgan fingerprint density at radius 3 is 2.24 bits per heavy atom. The molecular formula is C25H32O4. The predicted octanol–water partition coefficient (Wildman–Crippen LogP) is 5.32. The van der Waals surface area contributed by atoms with Gasteiger partial charge in [0.05, 0.1) is 25.0 Å². The van der Waals surface area contributed by atoms with Crippen LogP contribution >= 0.6 is 0 Å². The second kappa shape index (κ2) is 10.4. The molecule has 0 aromatic heterocycles. The van der Waals surface area contributed by atoms with Crippen molar-refractivity contribution in [3.05, 3.63) is 48.0 Å². The summed E-state index contributed by atoms with van der Waals surface area (Å²) >= 11 is 0. The Labute approximate surface area is 173 Å². The summed E-state index contributed by atoms with van der Waals surface area (Å²) in [6, 6.07) is 14.7. The highest BCUT2D eigenvalue weighted by Crippen LogP contribution is 2.44. The van der Waals surface area contributed by atoms with Crippen LogP contribution in [0.3, 0.4) is 0 Å². The van der Waals surface area contributed by atoms with Crippen LogP contribution in [0.1, 0.15) is 51.5 Å². The summed E-state index contributed by atoms with van der Waals surface area (Å²) in [4.78, 5) is 25.2. The molecule has 0 spiro atoms. The van der Waals surface area contributed by atoms with Crippen LogP contribution in [-0.4, -0.2) is 25.2 Å². The molecule has 29 heavy (non-hydrogen) atoms. The number of unbranched alkanes of at least 4 members (excludes halogenated alkanes) is 2. The topological polar surface area (TPSA) is 52.6 Å². The molecule has 3 rings (SSSR count). The maximum absolute atomic E-state index is 12.7. The van der Waals surface area contributed by atoms with Gasteiger partial charge in [-0.1, -0.05) is 69.2 Å². The van der Waals surface area contributed by atoms with E-state index in [9.17, 15) is 9.59 Å². The Bertz CT molecular complexity index is 828. The van der Waals surface area contributed by atoms with Crippen molar-refractivity contribution < 1.29 is 19.1 Å². The number of ether oxygens (including phenoxy) is 2. The summed E-state index contributed by atoms with van der Waals surface area (Å²) in [5.74, 6) is -1.13. The quantitative estimate of drug-likeness (QED) is 0.403. The second-order valence-electron chi connectivity index (χ2n) is 8.06. The molecule has 1 aliphatic rings. The van der Waals surface area contributed by atoms with Crippen LogP contribution in [0.25, 0.3) is 10.8 Å². The molecule has 0 heterocycles. The molecule has 3 unspecified atom stereocenters. The van der Waals surface area contributed by atoms with Gasteiger partial charge in [0.25, 0.3) is 0 Å². The minimum Gasteiger partial charge on any atom is -0.465 e. The first kappa shape index (κ1) is 21.4. The van der Waals surface area contributed by atoms with Crippen molar-refractivity contribution in [2.24, 2.45) is 17.8 Å². The minimum atomic E-state index is -0.396. The molecule has 0 bridgehead atoms. The molecule has 0 amide bonds. The Hall–Kier alpha value is -2.36. The molecular weight excluding hydrogens is 364 g/mol. The van der Waals surface area contributed by atoms with Crippen LogP contribution in [0, 0.1) is 17.8 Å². The number of carbonyl (C=O) groups is 2. The summed E-state index contributed by atoms with van der Waals surface area (Å²) in [6.45, 7) is 4.98. The van der Waals surface area contributed by atoms with Gasteiger partial charge in [0, 0.05) is 0 Å². The van der Waals surface area contributed by atoms with Crippen LogP contribution in [0.2, 0.25) is 0 Å². The van der Waals surface area contributed by atoms with E-state index in [0.717, 1.165) is 32.1 Å². The third kappa shape index (κ3) is 5.37. The van der Waals surface area contributed by atoms with E-state index < -0.39 is 5.92 Å². The molecule has 2 aromatic rings. The predicted molar refractivity (Wildman–Crippen MR) is 114 cm³/mol. The molecule has 3 atom stereocenters. The van der Waals surface area contributed by atoms with Crippen LogP contribution in [0.5, 0.6) is 0 Å². The Morgan fingerprint density at radius 1 is 0.897 bits per heavy atom. The van der Waals surface area contributed by atoms with Gasteiger partial charge in [0.15, 0.2) is 0 Å². The lowest BCUT2D eigenvalue weighted by molar-refractivity contribution is -0.173. The summed E-state index contributed by atoms with van der Waals surface area (Å²) in [5, 5.41) is 2.40. The van der Waals surface area contributed by atoms with Gasteiger partial charge >= 0.3 is 11.9 Å². The van der Waals surface area contributed by atoms with Crippen LogP contribution in [0.15, 0.2) is 42.5 Å². The van der Waals surface area contributed by atoms with E-state index in [1.165, 1.54) is 16.3 Å². The summed E-state index contributed by atoms with van der Waals surface area (Å²) in [5.41, 5.74) is 1.19. The molecule has 0 saturated heterocycles. The zero-order chi connectivity index (χ0) is 20.6. The van der Waals surface area contributed by atoms with Gasteiger partial charge in [-0.25, -0.2) is 0 Å². The first-order valence-corrected chi connectivity index (χ1v) is 10.9. The van der Waals surface area contributed by atoms with Gasteiger partial charge in [0.1, 0.15) is 0 Å². The number of rotatable bonds is 10. The van der Waals surface area contributed by atoms with Gasteiger partial charge in [-0.15, -0.1) is 0 Å². The van der Waals surface area contributed by atoms with Gasteiger partial charge in [0.2, 0.25) is 0 Å². The normalized spacial score (nSPS) is 20.8. The van der Waals surface area contributed by atoms with E-state index in [4.69, 9.17) is 9.47 Å². The lowest BCUT2D eigenvalue weighted by Crippen LogP contribution is -2.48. The monoisotopic (exact) mass is 396 g/mol. The van der Waals surface area contributed by atoms with Crippen molar-refractivity contribution >= 4 is 22.7 Å². The standard InChI is InChI=1S/C25H32O4/c1-3-5-13-28-24(26)22-17-21(23(22)25(27)29-14-6-4-2)16-18-11-12-19-9-7-8-10-20(19)15-18/h7-12,15,21-23H,3-6,13-14,16-17H2,1-2H3. The van der Waals surface area contributed by atoms with Crippen molar-refractivity contribution in [2.45, 2.75) is 52.4 Å². The number of benzene rings is 2. The summed E-state index contributed by atoms with van der Waals surface area (Å²) in [7, 11) is 0. The van der Waals surface area contributed by atoms with E-state index in [1.807, 2.05) is 12.1 Å². The van der Waals surface area contributed by atoms with Gasteiger partial charge in [-0.3, -0.25) is 9.59 Å². The zero-order valence-corrected chi connectivity index (χ0v) is 17.6. The third-order valence-electron chi connectivity index (χ3n) is 5.87. The average molecular weight is 397 g/mol. The number of fused-ring (bicyclic) bond motifs is 1. The summed E-state index contributed by atoms with van der Waals surface area (Å²) < 4.78 is 10.9. The minimum absolute atomic E-state index is 0.119. The smallest absolute Gasteiger partial charge is 0.310 e. The third-order valence-corrected chi connectivity index (χ3v) is 5.87. The van der Waals surface area contributed by atoms with E-state index in [0.29, 0.717) is 19.6 Å². The Morgan fingerprint density at radius 2 is 1.55 bits per heavy atom. The fraction of sp³-hybridized carbons (Fsp3) is 0.520. The highest BCUT2D eigenvalue weighted by Gasteiger charge is 2.50. The molecule has 1 fully saturated rings. The maximum atomic E-state index is 12.7.